The predicted octanol–water partition coefficient (Wildman–Crippen LogP) is 3.29. The number of rotatable bonds is 4. The summed E-state index contributed by atoms with van der Waals surface area (Å²) in [4.78, 5) is 2.50. The summed E-state index contributed by atoms with van der Waals surface area (Å²) >= 11 is 6.01. The number of piperidine rings is 1. The van der Waals surface area contributed by atoms with E-state index in [1.807, 2.05) is 12.1 Å². The second-order valence-corrected chi connectivity index (χ2v) is 5.75. The van der Waals surface area contributed by atoms with Crippen molar-refractivity contribution in [2.24, 2.45) is 11.7 Å². The topological polar surface area (TPSA) is 29.3 Å². The molecular weight excluding hydrogens is 244 g/mol. The third-order valence-electron chi connectivity index (χ3n) is 4.00. The summed E-state index contributed by atoms with van der Waals surface area (Å²) in [6, 6.07) is 8.55. The Kier molecular flexibility index (Phi) is 5.04. The second-order valence-electron chi connectivity index (χ2n) is 5.32. The number of nitrogens with two attached hydrogens (primary N) is 1. The average Bonchev–Trinajstić information content (AvgIpc) is 2.39. The maximum absolute atomic E-state index is 6.13. The minimum atomic E-state index is 0.387. The molecule has 1 aromatic rings. The number of hydrogen-bond donors (Lipinski definition) is 1. The summed E-state index contributed by atoms with van der Waals surface area (Å²) in [5.74, 6) is 0.714. The van der Waals surface area contributed by atoms with Crippen molar-refractivity contribution in [3.63, 3.8) is 0 Å². The van der Waals surface area contributed by atoms with Crippen LogP contribution in [0.1, 0.15) is 31.7 Å². The number of halogens is 1. The molecule has 0 spiro atoms. The van der Waals surface area contributed by atoms with E-state index in [4.69, 9.17) is 17.3 Å². The fraction of sp³-hybridized carbons (Fsp3) is 0.600. The first-order valence-corrected chi connectivity index (χ1v) is 7.29. The van der Waals surface area contributed by atoms with Crippen molar-refractivity contribution in [3.8, 4) is 0 Å². The Balaban J connectivity index is 1.83. The Bertz CT molecular complexity index is 373. The van der Waals surface area contributed by atoms with Gasteiger partial charge in [-0.05, 0) is 56.0 Å². The van der Waals surface area contributed by atoms with Crippen molar-refractivity contribution in [3.05, 3.63) is 34.9 Å². The van der Waals surface area contributed by atoms with E-state index in [1.54, 1.807) is 0 Å². The molecule has 0 aliphatic carbocycles. The molecule has 1 atom stereocenters. The molecule has 0 radical (unpaired) electrons. The van der Waals surface area contributed by atoms with Gasteiger partial charge in [0.15, 0.2) is 0 Å². The van der Waals surface area contributed by atoms with Crippen molar-refractivity contribution in [2.75, 3.05) is 13.1 Å². The molecule has 1 saturated heterocycles. The molecule has 2 N–H and O–H groups in total. The van der Waals surface area contributed by atoms with E-state index in [1.165, 1.54) is 18.4 Å². The molecule has 0 bridgehead atoms. The maximum Gasteiger partial charge on any atom is 0.0409 e. The van der Waals surface area contributed by atoms with E-state index in [0.717, 1.165) is 31.1 Å². The Labute approximate surface area is 115 Å². The van der Waals surface area contributed by atoms with Crippen LogP contribution in [0, 0.1) is 5.92 Å². The molecule has 100 valence electrons. The summed E-state index contributed by atoms with van der Waals surface area (Å²) in [6.07, 6.45) is 3.56. The lowest BCUT2D eigenvalue weighted by Gasteiger charge is -2.34. The predicted molar refractivity (Wildman–Crippen MR) is 77.7 cm³/mol. The molecule has 3 heteroatoms. The Morgan fingerprint density at radius 3 is 2.72 bits per heavy atom. The van der Waals surface area contributed by atoms with Crippen molar-refractivity contribution in [2.45, 2.75) is 38.8 Å². The van der Waals surface area contributed by atoms with E-state index < -0.39 is 0 Å². The molecule has 0 amide bonds. The lowest BCUT2D eigenvalue weighted by atomic mass is 9.88. The monoisotopic (exact) mass is 266 g/mol. The zero-order valence-electron chi connectivity index (χ0n) is 11.1. The highest BCUT2D eigenvalue weighted by atomic mass is 35.5. The highest BCUT2D eigenvalue weighted by Crippen LogP contribution is 2.23. The Morgan fingerprint density at radius 2 is 2.11 bits per heavy atom. The van der Waals surface area contributed by atoms with Crippen LogP contribution in [0.3, 0.4) is 0 Å². The summed E-state index contributed by atoms with van der Waals surface area (Å²) in [5, 5.41) is 0.829. The summed E-state index contributed by atoms with van der Waals surface area (Å²) in [5.41, 5.74) is 7.44. The molecule has 1 aliphatic rings. The van der Waals surface area contributed by atoms with Gasteiger partial charge in [-0.25, -0.2) is 0 Å². The first kappa shape index (κ1) is 13.9. The van der Waals surface area contributed by atoms with E-state index in [-0.39, 0.29) is 0 Å². The Hall–Kier alpha value is -0.570. The van der Waals surface area contributed by atoms with Crippen molar-refractivity contribution in [1.82, 2.24) is 4.90 Å². The standard InChI is InChI=1S/C15H23ClN2/c1-2-15(17)13-6-8-18(9-7-13)11-12-4-3-5-14(16)10-12/h3-5,10,13,15H,2,6-9,11,17H2,1H3. The van der Waals surface area contributed by atoms with Crippen LogP contribution in [-0.2, 0) is 6.54 Å². The van der Waals surface area contributed by atoms with Gasteiger partial charge in [0.1, 0.15) is 0 Å². The minimum absolute atomic E-state index is 0.387. The maximum atomic E-state index is 6.13. The van der Waals surface area contributed by atoms with Crippen molar-refractivity contribution in [1.29, 1.82) is 0 Å². The third-order valence-corrected chi connectivity index (χ3v) is 4.24. The number of benzene rings is 1. The normalized spacial score (nSPS) is 19.9. The van der Waals surface area contributed by atoms with Crippen LogP contribution in [0.25, 0.3) is 0 Å². The average molecular weight is 267 g/mol. The highest BCUT2D eigenvalue weighted by Gasteiger charge is 2.23. The SMILES string of the molecule is CCC(N)C1CCN(Cc2cccc(Cl)c2)CC1. The fourth-order valence-corrected chi connectivity index (χ4v) is 2.98. The number of nitrogens with zero attached hydrogens (tertiary/aromatic N) is 1. The summed E-state index contributed by atoms with van der Waals surface area (Å²) in [7, 11) is 0. The molecule has 1 unspecified atom stereocenters. The van der Waals surface area contributed by atoms with E-state index >= 15 is 0 Å². The first-order valence-electron chi connectivity index (χ1n) is 6.91. The molecule has 2 rings (SSSR count). The molecule has 1 aliphatic heterocycles. The molecule has 1 fully saturated rings. The van der Waals surface area contributed by atoms with E-state index in [0.29, 0.717) is 12.0 Å². The molecule has 1 aromatic carbocycles. The van der Waals surface area contributed by atoms with Crippen LogP contribution >= 0.6 is 11.6 Å². The van der Waals surface area contributed by atoms with Crippen molar-refractivity contribution < 1.29 is 0 Å². The number of hydrogen-bond acceptors (Lipinski definition) is 2. The van der Waals surface area contributed by atoms with Crippen LogP contribution in [-0.4, -0.2) is 24.0 Å². The van der Waals surface area contributed by atoms with Crippen LogP contribution in [0.4, 0.5) is 0 Å². The number of likely N-dealkylation sites (tertiary alicyclic amines) is 1. The van der Waals surface area contributed by atoms with Crippen LogP contribution < -0.4 is 5.73 Å². The quantitative estimate of drug-likeness (QED) is 0.906. The lowest BCUT2D eigenvalue weighted by Crippen LogP contribution is -2.40. The molecular formula is C15H23ClN2. The van der Waals surface area contributed by atoms with Gasteiger partial charge in [-0.2, -0.15) is 0 Å². The Morgan fingerprint density at radius 1 is 1.39 bits per heavy atom. The largest absolute Gasteiger partial charge is 0.327 e. The lowest BCUT2D eigenvalue weighted by molar-refractivity contribution is 0.161. The molecule has 1 heterocycles. The minimum Gasteiger partial charge on any atom is -0.327 e. The van der Waals surface area contributed by atoms with Crippen LogP contribution in [0.5, 0.6) is 0 Å². The van der Waals surface area contributed by atoms with Crippen LogP contribution in [0.2, 0.25) is 5.02 Å². The van der Waals surface area contributed by atoms with Gasteiger partial charge in [-0.1, -0.05) is 30.7 Å². The van der Waals surface area contributed by atoms with Gasteiger partial charge in [0.2, 0.25) is 0 Å². The van der Waals surface area contributed by atoms with Gasteiger partial charge in [0.25, 0.3) is 0 Å². The second kappa shape index (κ2) is 6.55. The van der Waals surface area contributed by atoms with Gasteiger partial charge < -0.3 is 5.73 Å². The van der Waals surface area contributed by atoms with Gasteiger partial charge in [0, 0.05) is 17.6 Å². The zero-order valence-corrected chi connectivity index (χ0v) is 11.9. The van der Waals surface area contributed by atoms with Crippen molar-refractivity contribution >= 4 is 11.6 Å². The van der Waals surface area contributed by atoms with Gasteiger partial charge in [-0.3, -0.25) is 4.90 Å². The molecule has 0 aromatic heterocycles. The summed E-state index contributed by atoms with van der Waals surface area (Å²) in [6.45, 7) is 5.51. The van der Waals surface area contributed by atoms with E-state index in [2.05, 4.69) is 24.0 Å². The smallest absolute Gasteiger partial charge is 0.0409 e. The fourth-order valence-electron chi connectivity index (χ4n) is 2.77. The third kappa shape index (κ3) is 3.71. The van der Waals surface area contributed by atoms with Gasteiger partial charge in [-0.15, -0.1) is 0 Å². The molecule has 0 saturated carbocycles. The zero-order chi connectivity index (χ0) is 13.0. The first-order chi connectivity index (χ1) is 8.69. The summed E-state index contributed by atoms with van der Waals surface area (Å²) < 4.78 is 0. The van der Waals surface area contributed by atoms with Crippen LogP contribution in [0.15, 0.2) is 24.3 Å². The molecule has 2 nitrogen and oxygen atoms in total. The van der Waals surface area contributed by atoms with E-state index in [9.17, 15) is 0 Å². The van der Waals surface area contributed by atoms with Gasteiger partial charge in [0.05, 0.1) is 0 Å². The highest BCUT2D eigenvalue weighted by molar-refractivity contribution is 6.30. The van der Waals surface area contributed by atoms with Gasteiger partial charge >= 0.3 is 0 Å². The molecule has 18 heavy (non-hydrogen) atoms.